The molecule has 0 aliphatic carbocycles. The first-order valence-electron chi connectivity index (χ1n) is 10.3. The van der Waals surface area contributed by atoms with Crippen LogP contribution in [0.1, 0.15) is 41.9 Å². The monoisotopic (exact) mass is 411 g/mol. The summed E-state index contributed by atoms with van der Waals surface area (Å²) in [6, 6.07) is 3.44. The van der Waals surface area contributed by atoms with E-state index in [9.17, 15) is 13.6 Å². The topological polar surface area (TPSA) is 64.7 Å². The molecule has 3 aromatic rings. The molecule has 8 heteroatoms. The van der Waals surface area contributed by atoms with Crippen LogP contribution in [0.5, 0.6) is 0 Å². The van der Waals surface area contributed by atoms with Crippen LogP contribution in [-0.2, 0) is 25.9 Å². The Kier molecular flexibility index (Phi) is 4.64. The van der Waals surface area contributed by atoms with E-state index in [1.165, 1.54) is 12.1 Å². The van der Waals surface area contributed by atoms with Crippen molar-refractivity contribution >= 4 is 5.91 Å². The Bertz CT molecular complexity index is 1120. The lowest BCUT2D eigenvalue weighted by Gasteiger charge is -2.24. The van der Waals surface area contributed by atoms with Crippen LogP contribution in [0.25, 0.3) is 11.3 Å². The number of fused-ring (bicyclic) bond motifs is 2. The number of hydrogen-bond acceptors (Lipinski definition) is 3. The summed E-state index contributed by atoms with van der Waals surface area (Å²) in [5.41, 5.74) is 1.21. The normalized spacial score (nSPS) is 20.5. The van der Waals surface area contributed by atoms with Gasteiger partial charge in [0.15, 0.2) is 0 Å². The van der Waals surface area contributed by atoms with Gasteiger partial charge in [0.05, 0.1) is 5.69 Å². The van der Waals surface area contributed by atoms with Crippen molar-refractivity contribution in [1.29, 1.82) is 0 Å². The van der Waals surface area contributed by atoms with Crippen molar-refractivity contribution in [2.45, 2.75) is 51.7 Å². The molecule has 2 aliphatic heterocycles. The molecule has 4 heterocycles. The average molecular weight is 411 g/mol. The lowest BCUT2D eigenvalue weighted by Crippen LogP contribution is -2.41. The maximum Gasteiger partial charge on any atom is 0.271 e. The zero-order valence-electron chi connectivity index (χ0n) is 16.7. The number of rotatable bonds is 3. The Morgan fingerprint density at radius 2 is 1.83 bits per heavy atom. The molecule has 2 unspecified atom stereocenters. The van der Waals surface area contributed by atoms with Crippen LogP contribution in [0, 0.1) is 17.6 Å². The number of nitrogens with one attached hydrogen (secondary N) is 1. The van der Waals surface area contributed by atoms with E-state index < -0.39 is 11.6 Å². The van der Waals surface area contributed by atoms with Gasteiger partial charge in [-0.1, -0.05) is 6.92 Å². The van der Waals surface area contributed by atoms with E-state index in [-0.39, 0.29) is 17.5 Å². The van der Waals surface area contributed by atoms with E-state index >= 15 is 0 Å². The summed E-state index contributed by atoms with van der Waals surface area (Å²) in [5, 5.41) is 3.08. The van der Waals surface area contributed by atoms with E-state index in [0.717, 1.165) is 43.5 Å². The summed E-state index contributed by atoms with van der Waals surface area (Å²) in [4.78, 5) is 21.8. The standard InChI is InChI=1S/C22H23F2N5O/c1-13-2-6-20-27-19(12-28(20)9-13)22(30)25-15-4-7-21-26-18(11-29(21)10-15)16-5-3-14(23)8-17(16)24/h3,5,8,11-13,15H,2,4,6-7,9-10H2,1H3,(H,25,30). The third-order valence-electron chi connectivity index (χ3n) is 6.00. The van der Waals surface area contributed by atoms with Crippen molar-refractivity contribution in [1.82, 2.24) is 24.4 Å². The second-order valence-electron chi connectivity index (χ2n) is 8.37. The summed E-state index contributed by atoms with van der Waals surface area (Å²) in [7, 11) is 0. The Hall–Kier alpha value is -3.03. The molecule has 0 saturated carbocycles. The van der Waals surface area contributed by atoms with E-state index in [2.05, 4.69) is 26.8 Å². The van der Waals surface area contributed by atoms with Crippen molar-refractivity contribution in [3.63, 3.8) is 0 Å². The van der Waals surface area contributed by atoms with Gasteiger partial charge in [0.1, 0.15) is 29.0 Å². The zero-order chi connectivity index (χ0) is 20.8. The van der Waals surface area contributed by atoms with Gasteiger partial charge in [-0.25, -0.2) is 18.7 Å². The number of imidazole rings is 2. The Morgan fingerprint density at radius 1 is 1.07 bits per heavy atom. The van der Waals surface area contributed by atoms with Crippen molar-refractivity contribution in [2.75, 3.05) is 0 Å². The maximum absolute atomic E-state index is 14.1. The molecule has 1 N–H and O–H groups in total. The average Bonchev–Trinajstić information content (AvgIpc) is 3.31. The van der Waals surface area contributed by atoms with Crippen LogP contribution in [0.15, 0.2) is 30.6 Å². The highest BCUT2D eigenvalue weighted by Gasteiger charge is 2.25. The quantitative estimate of drug-likeness (QED) is 0.719. The lowest BCUT2D eigenvalue weighted by molar-refractivity contribution is 0.0922. The molecule has 1 aromatic carbocycles. The second kappa shape index (κ2) is 7.34. The SMILES string of the molecule is CC1CCc2nc(C(=O)NC3CCc4nc(-c5ccc(F)cc5F)cn4C3)cn2C1. The predicted octanol–water partition coefficient (Wildman–Crippen LogP) is 3.35. The van der Waals surface area contributed by atoms with Crippen LogP contribution in [0.4, 0.5) is 8.78 Å². The summed E-state index contributed by atoms with van der Waals surface area (Å²) in [5.74, 6) is 1.01. The van der Waals surface area contributed by atoms with Crippen LogP contribution in [0.3, 0.4) is 0 Å². The van der Waals surface area contributed by atoms with Crippen LogP contribution in [-0.4, -0.2) is 31.1 Å². The smallest absolute Gasteiger partial charge is 0.271 e. The van der Waals surface area contributed by atoms with Crippen molar-refractivity contribution in [3.05, 3.63) is 59.6 Å². The summed E-state index contributed by atoms with van der Waals surface area (Å²) in [6.07, 6.45) is 7.03. The van der Waals surface area contributed by atoms with Crippen LogP contribution in [0.2, 0.25) is 0 Å². The number of carbonyl (C=O) groups is 1. The maximum atomic E-state index is 14.1. The molecule has 2 aliphatic rings. The number of carbonyl (C=O) groups excluding carboxylic acids is 1. The molecule has 2 atom stereocenters. The highest BCUT2D eigenvalue weighted by molar-refractivity contribution is 5.92. The minimum Gasteiger partial charge on any atom is -0.346 e. The molecule has 0 radical (unpaired) electrons. The highest BCUT2D eigenvalue weighted by atomic mass is 19.1. The molecule has 0 spiro atoms. The van der Waals surface area contributed by atoms with Crippen LogP contribution < -0.4 is 5.32 Å². The highest BCUT2D eigenvalue weighted by Crippen LogP contribution is 2.26. The number of halogens is 2. The van der Waals surface area contributed by atoms with Gasteiger partial charge in [0.25, 0.3) is 5.91 Å². The van der Waals surface area contributed by atoms with E-state index in [4.69, 9.17) is 0 Å². The van der Waals surface area contributed by atoms with Gasteiger partial charge in [0, 0.05) is 56.0 Å². The van der Waals surface area contributed by atoms with Gasteiger partial charge >= 0.3 is 0 Å². The number of aromatic nitrogens is 4. The fourth-order valence-electron chi connectivity index (χ4n) is 4.37. The van der Waals surface area contributed by atoms with E-state index in [1.807, 2.05) is 10.8 Å². The van der Waals surface area contributed by atoms with Gasteiger partial charge in [-0.15, -0.1) is 0 Å². The Labute approximate surface area is 173 Å². The largest absolute Gasteiger partial charge is 0.346 e. The van der Waals surface area contributed by atoms with Crippen molar-refractivity contribution in [2.24, 2.45) is 5.92 Å². The van der Waals surface area contributed by atoms with E-state index in [0.29, 0.717) is 30.3 Å². The van der Waals surface area contributed by atoms with Gasteiger partial charge < -0.3 is 14.5 Å². The molecule has 156 valence electrons. The first-order valence-corrected chi connectivity index (χ1v) is 10.3. The van der Waals surface area contributed by atoms with Gasteiger partial charge in [-0.2, -0.15) is 0 Å². The molecule has 2 aromatic heterocycles. The molecule has 5 rings (SSSR count). The fourth-order valence-corrected chi connectivity index (χ4v) is 4.37. The first kappa shape index (κ1) is 19.0. The summed E-state index contributed by atoms with van der Waals surface area (Å²) >= 11 is 0. The number of aryl methyl sites for hydroxylation is 2. The van der Waals surface area contributed by atoms with Crippen molar-refractivity contribution in [3.8, 4) is 11.3 Å². The lowest BCUT2D eigenvalue weighted by atomic mass is 10.0. The van der Waals surface area contributed by atoms with Gasteiger partial charge in [-0.3, -0.25) is 4.79 Å². The third-order valence-corrected chi connectivity index (χ3v) is 6.00. The molecule has 30 heavy (non-hydrogen) atoms. The number of hydrogen-bond donors (Lipinski definition) is 1. The van der Waals surface area contributed by atoms with Crippen LogP contribution >= 0.6 is 0 Å². The van der Waals surface area contributed by atoms with Crippen molar-refractivity contribution < 1.29 is 13.6 Å². The molecular formula is C22H23F2N5O. The second-order valence-corrected chi connectivity index (χ2v) is 8.37. The molecular weight excluding hydrogens is 388 g/mol. The minimum atomic E-state index is -0.631. The predicted molar refractivity (Wildman–Crippen MR) is 107 cm³/mol. The Balaban J connectivity index is 1.29. The summed E-state index contributed by atoms with van der Waals surface area (Å²) in [6.45, 7) is 3.67. The molecule has 6 nitrogen and oxygen atoms in total. The van der Waals surface area contributed by atoms with Gasteiger partial charge in [-0.05, 0) is 30.9 Å². The molecule has 1 amide bonds. The molecule has 0 saturated heterocycles. The van der Waals surface area contributed by atoms with Gasteiger partial charge in [0.2, 0.25) is 0 Å². The third kappa shape index (κ3) is 3.51. The van der Waals surface area contributed by atoms with E-state index in [1.54, 1.807) is 6.20 Å². The first-order chi connectivity index (χ1) is 14.5. The number of benzene rings is 1. The molecule has 0 bridgehead atoms. The zero-order valence-corrected chi connectivity index (χ0v) is 16.7. The minimum absolute atomic E-state index is 0.0530. The summed E-state index contributed by atoms with van der Waals surface area (Å²) < 4.78 is 31.3. The Morgan fingerprint density at radius 3 is 2.67 bits per heavy atom. The fraction of sp³-hybridized carbons (Fsp3) is 0.409. The molecule has 0 fully saturated rings. The number of nitrogens with zero attached hydrogens (tertiary/aromatic N) is 4. The number of amides is 1.